The predicted molar refractivity (Wildman–Crippen MR) is 252 cm³/mol. The van der Waals surface area contributed by atoms with Gasteiger partial charge in [-0.1, -0.05) is 0 Å². The normalized spacial score (nSPS) is 16.7. The Morgan fingerprint density at radius 2 is 1.05 bits per heavy atom. The summed E-state index contributed by atoms with van der Waals surface area (Å²) in [6.45, 7) is 21.0. The fourth-order valence-corrected chi connectivity index (χ4v) is 30.0. The van der Waals surface area contributed by atoms with Crippen molar-refractivity contribution in [3.8, 4) is 22.3 Å². The number of halogens is 2. The van der Waals surface area contributed by atoms with Crippen LogP contribution in [0, 0.1) is 6.92 Å². The number of hydrogen-bond donors (Lipinski definition) is 0. The summed E-state index contributed by atoms with van der Waals surface area (Å²) in [6.07, 6.45) is 5.16. The van der Waals surface area contributed by atoms with Gasteiger partial charge in [0, 0.05) is 0 Å². The van der Waals surface area contributed by atoms with Gasteiger partial charge in [0.2, 0.25) is 0 Å². The van der Waals surface area contributed by atoms with Crippen LogP contribution in [0.15, 0.2) is 127 Å². The minimum Gasteiger partial charge on any atom is -0.147 e. The number of allylic oxidation sites excluding steroid dienone is 2. The van der Waals surface area contributed by atoms with Crippen molar-refractivity contribution in [2.24, 2.45) is 0 Å². The Morgan fingerprint density at radius 1 is 0.518 bits per heavy atom. The molecule has 0 fully saturated rings. The summed E-state index contributed by atoms with van der Waals surface area (Å²) in [5.74, 6) is 0. The Labute approximate surface area is 351 Å². The van der Waals surface area contributed by atoms with Gasteiger partial charge in [-0.15, -0.1) is 24.8 Å². The van der Waals surface area contributed by atoms with Crippen LogP contribution in [0.4, 0.5) is 0 Å². The molecule has 0 bridgehead atoms. The van der Waals surface area contributed by atoms with E-state index in [1.165, 1.54) is 83.1 Å². The molecule has 0 heterocycles. The summed E-state index contributed by atoms with van der Waals surface area (Å²) >= 11 is -3.95. The maximum Gasteiger partial charge on any atom is -0.147 e. The predicted octanol–water partition coefficient (Wildman–Crippen LogP) is 15.0. The maximum absolute atomic E-state index is 3.95. The number of aryl methyl sites for hydroxylation is 1. The second kappa shape index (κ2) is 14.8. The molecule has 288 valence electrons. The van der Waals surface area contributed by atoms with Crippen molar-refractivity contribution in [3.05, 3.63) is 171 Å². The van der Waals surface area contributed by atoms with Gasteiger partial charge in [0.05, 0.1) is 0 Å². The van der Waals surface area contributed by atoms with E-state index in [0.29, 0.717) is 7.25 Å². The first-order chi connectivity index (χ1) is 25.4. The zero-order valence-corrected chi connectivity index (χ0v) is 40.4. The van der Waals surface area contributed by atoms with Gasteiger partial charge >= 0.3 is 329 Å². The minimum absolute atomic E-state index is 0. The third-order valence-electron chi connectivity index (χ3n) is 12.8. The zero-order chi connectivity index (χ0) is 38.4. The smallest absolute Gasteiger partial charge is 0.147 e. The molecule has 2 atom stereocenters. The number of benzene rings is 6. The first-order valence-electron chi connectivity index (χ1n) is 19.9. The molecule has 2 aliphatic rings. The third-order valence-corrected chi connectivity index (χ3v) is 30.3. The van der Waals surface area contributed by atoms with E-state index in [2.05, 4.69) is 205 Å². The SMILES string of the molecule is CC1=Cc2c(-c3ccc(C(C)(C)C)cc3)ccc(C)c2[CH]1[Zr]([CH3])([CH3])(=[SiH2])[CH]1C(c2ccc3ccccc3c2)=Cc2c(-c3ccc(C(C)(C)C)cc3)cccc21.Cl.Cl. The van der Waals surface area contributed by atoms with Crippen LogP contribution in [-0.4, -0.2) is 6.88 Å². The minimum atomic E-state index is -3.95. The molecule has 6 aromatic rings. The Morgan fingerprint density at radius 3 is 1.62 bits per heavy atom. The molecule has 0 nitrogen and oxygen atoms in total. The van der Waals surface area contributed by atoms with E-state index < -0.39 is 17.4 Å². The molecule has 6 aromatic carbocycles. The van der Waals surface area contributed by atoms with Crippen molar-refractivity contribution in [2.45, 2.75) is 82.7 Å². The summed E-state index contributed by atoms with van der Waals surface area (Å²) in [7, 11) is 0. The molecule has 0 aliphatic heterocycles. The fourth-order valence-electron chi connectivity index (χ4n) is 10.1. The number of hydrogen-bond acceptors (Lipinski definition) is 0. The standard InChI is InChI=1S/C29H25.C21H23.2CH3.2ClH.H2Si.Zr/c1-29(2,3)26-15-13-21(14-16-26)27-10-6-9-24-18-25(19-28(24)27)23-12-11-20-7-4-5-8-22(20)17-23;1-14-12-19-15(2)6-11-18(20(19)13-14)16-7-9-17(10-8-16)21(3,4)5;;;;;;/h4-19H,1-3H3;6-13H,1-5H3;2*1H3;2*1H;1H2;. The molecule has 4 heteroatoms. The van der Waals surface area contributed by atoms with Crippen LogP contribution in [-0.2, 0) is 28.2 Å². The van der Waals surface area contributed by atoms with Crippen LogP contribution in [0.25, 0.3) is 50.8 Å². The van der Waals surface area contributed by atoms with Gasteiger partial charge in [0.25, 0.3) is 0 Å². The molecule has 0 amide bonds. The van der Waals surface area contributed by atoms with Crippen molar-refractivity contribution in [3.63, 3.8) is 0 Å². The zero-order valence-electron chi connectivity index (χ0n) is 34.9. The monoisotopic (exact) mass is 870 g/mol. The van der Waals surface area contributed by atoms with Crippen LogP contribution in [0.3, 0.4) is 0 Å². The van der Waals surface area contributed by atoms with Gasteiger partial charge < -0.3 is 0 Å². The quantitative estimate of drug-likeness (QED) is 0.151. The average molecular weight is 873 g/mol. The Kier molecular flexibility index (Phi) is 11.2. The molecule has 0 saturated heterocycles. The second-order valence-corrected chi connectivity index (χ2v) is 50.0. The van der Waals surface area contributed by atoms with Gasteiger partial charge in [-0.3, -0.25) is 0 Å². The summed E-state index contributed by atoms with van der Waals surface area (Å²) in [4.78, 5) is 0. The van der Waals surface area contributed by atoms with E-state index in [4.69, 9.17) is 0 Å². The van der Waals surface area contributed by atoms with Crippen molar-refractivity contribution < 1.29 is 17.4 Å². The van der Waals surface area contributed by atoms with E-state index in [0.717, 1.165) is 0 Å². The van der Waals surface area contributed by atoms with Gasteiger partial charge in [0.1, 0.15) is 0 Å². The van der Waals surface area contributed by atoms with Crippen LogP contribution in [0.2, 0.25) is 9.26 Å². The second-order valence-electron chi connectivity index (χ2n) is 19.6. The van der Waals surface area contributed by atoms with Gasteiger partial charge in [-0.2, -0.15) is 0 Å². The summed E-state index contributed by atoms with van der Waals surface area (Å²) < 4.78 is 6.35. The fraction of sp³-hybridized carbons (Fsp3) is 0.269. The van der Waals surface area contributed by atoms with E-state index in [1.54, 1.807) is 5.56 Å². The molecule has 0 spiro atoms. The van der Waals surface area contributed by atoms with E-state index in [9.17, 15) is 0 Å². The number of fused-ring (bicyclic) bond motifs is 3. The van der Waals surface area contributed by atoms with Crippen molar-refractivity contribution in [2.75, 3.05) is 0 Å². The summed E-state index contributed by atoms with van der Waals surface area (Å²) in [5, 5.41) is 2.61. The number of rotatable bonds is 5. The maximum atomic E-state index is 2.78. The van der Waals surface area contributed by atoms with Crippen molar-refractivity contribution in [1.82, 2.24) is 0 Å². The average Bonchev–Trinajstić information content (AvgIpc) is 3.71. The van der Waals surface area contributed by atoms with Gasteiger partial charge in [-0.05, 0) is 0 Å². The van der Waals surface area contributed by atoms with Crippen LogP contribution < -0.4 is 0 Å². The summed E-state index contributed by atoms with van der Waals surface area (Å²) in [5.41, 5.74) is 20.1. The first kappa shape index (κ1) is 42.3. The molecule has 0 radical (unpaired) electrons. The van der Waals surface area contributed by atoms with E-state index in [-0.39, 0.29) is 35.6 Å². The van der Waals surface area contributed by atoms with E-state index >= 15 is 0 Å². The molecular formula is C52H58Cl2SiZr. The molecule has 8 rings (SSSR count). The van der Waals surface area contributed by atoms with Crippen LogP contribution in [0.5, 0.6) is 0 Å². The molecular weight excluding hydrogens is 815 g/mol. The van der Waals surface area contributed by atoms with Crippen molar-refractivity contribution in [1.29, 1.82) is 0 Å². The molecule has 0 N–H and O–H groups in total. The van der Waals surface area contributed by atoms with Gasteiger partial charge in [0.15, 0.2) is 0 Å². The molecule has 2 unspecified atom stereocenters. The Hall–Kier alpha value is -3.26. The Bertz CT molecular complexity index is 2600. The topological polar surface area (TPSA) is 0 Å². The van der Waals surface area contributed by atoms with Crippen LogP contribution >= 0.6 is 24.8 Å². The molecule has 2 aliphatic carbocycles. The largest absolute Gasteiger partial charge is 0.147 e. The molecule has 0 aromatic heterocycles. The van der Waals surface area contributed by atoms with Crippen LogP contribution in [0.1, 0.15) is 100 Å². The third kappa shape index (κ3) is 7.23. The molecule has 0 saturated carbocycles. The summed E-state index contributed by atoms with van der Waals surface area (Å²) in [6, 6.07) is 46.7. The van der Waals surface area contributed by atoms with E-state index in [1.807, 2.05) is 0 Å². The van der Waals surface area contributed by atoms with Crippen molar-refractivity contribution >= 4 is 60.2 Å². The Balaban J connectivity index is 0.00000266. The van der Waals surface area contributed by atoms with Gasteiger partial charge in [-0.25, -0.2) is 0 Å². The molecule has 56 heavy (non-hydrogen) atoms. The first-order valence-corrected chi connectivity index (χ1v) is 33.5.